The number of halogens is 6. The van der Waals surface area contributed by atoms with E-state index in [-0.39, 0.29) is 10.9 Å². The van der Waals surface area contributed by atoms with Gasteiger partial charge >= 0.3 is 0 Å². The molecule has 9 heteroatoms. The largest absolute Gasteiger partial charge is 0.254 e. The van der Waals surface area contributed by atoms with Crippen molar-refractivity contribution in [2.45, 2.75) is 3.79 Å². The Kier molecular flexibility index (Phi) is 3.92. The highest BCUT2D eigenvalue weighted by molar-refractivity contribution is 8.09. The Balaban J connectivity index is 3.20. The van der Waals surface area contributed by atoms with Gasteiger partial charge in [-0.15, -0.1) is 0 Å². The maximum Gasteiger partial charge on any atom is 0.254 e. The van der Waals surface area contributed by atoms with E-state index in [0.717, 1.165) is 0 Å². The van der Waals surface area contributed by atoms with E-state index in [4.69, 9.17) is 68.9 Å². The zero-order valence-electron chi connectivity index (χ0n) is 5.69. The fourth-order valence-electron chi connectivity index (χ4n) is 0.576. The highest BCUT2D eigenvalue weighted by atomic mass is 35.9. The van der Waals surface area contributed by atoms with Crippen LogP contribution in [0.1, 0.15) is 0 Å². The molecule has 0 spiro atoms. The molecule has 2 nitrogen and oxygen atoms in total. The SMILES string of the molecule is ClC1=NP(Cl)(Cl)=NC(C(Cl)(Cl)Cl)=C1. The first-order chi connectivity index (χ1) is 5.71. The second-order valence-corrected chi connectivity index (χ2v) is 9.33. The number of hydrogen-bond acceptors (Lipinski definition) is 2. The normalized spacial score (nSPS) is 21.7. The molecule has 0 bridgehead atoms. The zero-order chi connectivity index (χ0) is 10.3. The lowest BCUT2D eigenvalue weighted by Crippen LogP contribution is -2.07. The summed E-state index contributed by atoms with van der Waals surface area (Å²) in [5.74, 6) is -2.84. The number of rotatable bonds is 0. The third kappa shape index (κ3) is 3.79. The van der Waals surface area contributed by atoms with Crippen molar-refractivity contribution in [3.63, 3.8) is 0 Å². The van der Waals surface area contributed by atoms with Crippen LogP contribution in [0.25, 0.3) is 0 Å². The van der Waals surface area contributed by atoms with Crippen molar-refractivity contribution in [1.29, 1.82) is 0 Å². The van der Waals surface area contributed by atoms with Crippen LogP contribution in [0, 0.1) is 0 Å². The van der Waals surface area contributed by atoms with Crippen LogP contribution in [0.15, 0.2) is 21.3 Å². The molecule has 0 aromatic rings. The van der Waals surface area contributed by atoms with Crippen molar-refractivity contribution in [3.05, 3.63) is 11.8 Å². The number of hydrogen-bond donors (Lipinski definition) is 0. The van der Waals surface area contributed by atoms with Crippen molar-refractivity contribution in [1.82, 2.24) is 0 Å². The summed E-state index contributed by atoms with van der Waals surface area (Å²) < 4.78 is 5.77. The molecule has 0 radical (unpaired) electrons. The zero-order valence-corrected chi connectivity index (χ0v) is 11.1. The van der Waals surface area contributed by atoms with Gasteiger partial charge in [-0.3, -0.25) is 0 Å². The molecule has 74 valence electrons. The Morgan fingerprint density at radius 1 is 1.23 bits per heavy atom. The van der Waals surface area contributed by atoms with E-state index in [1.165, 1.54) is 6.08 Å². The monoisotopic (exact) mass is 318 g/mol. The van der Waals surface area contributed by atoms with Gasteiger partial charge in [0.05, 0.1) is 5.70 Å². The van der Waals surface area contributed by atoms with E-state index < -0.39 is 9.70 Å². The van der Waals surface area contributed by atoms with Gasteiger partial charge in [0.1, 0.15) is 5.17 Å². The molecule has 0 saturated heterocycles. The van der Waals surface area contributed by atoms with Gasteiger partial charge < -0.3 is 0 Å². The molecule has 1 aliphatic heterocycles. The Hall–Kier alpha value is 1.38. The van der Waals surface area contributed by atoms with Crippen LogP contribution in [0.4, 0.5) is 0 Å². The van der Waals surface area contributed by atoms with Crippen LogP contribution in [0.3, 0.4) is 0 Å². The van der Waals surface area contributed by atoms with Gasteiger partial charge in [-0.2, -0.15) is 0 Å². The fraction of sp³-hybridized carbons (Fsp3) is 0.250. The first-order valence-corrected chi connectivity index (χ1v) is 7.78. The van der Waals surface area contributed by atoms with Crippen molar-refractivity contribution in [2.24, 2.45) is 9.51 Å². The van der Waals surface area contributed by atoms with Gasteiger partial charge in [-0.1, -0.05) is 46.4 Å². The van der Waals surface area contributed by atoms with E-state index in [0.29, 0.717) is 0 Å². The van der Waals surface area contributed by atoms with Crippen LogP contribution in [-0.2, 0) is 0 Å². The fourth-order valence-corrected chi connectivity index (χ4v) is 3.48. The minimum absolute atomic E-state index is 0.0784. The first-order valence-electron chi connectivity index (χ1n) is 2.77. The molecule has 1 rings (SSSR count). The van der Waals surface area contributed by atoms with Crippen LogP contribution >= 0.6 is 74.8 Å². The van der Waals surface area contributed by atoms with Crippen LogP contribution in [-0.4, -0.2) is 8.96 Å². The third-order valence-electron chi connectivity index (χ3n) is 0.990. The van der Waals surface area contributed by atoms with Crippen molar-refractivity contribution >= 4 is 80.0 Å². The molecule has 0 unspecified atom stereocenters. The summed E-state index contributed by atoms with van der Waals surface area (Å²) >= 11 is 33.7. The quantitative estimate of drug-likeness (QED) is 0.426. The van der Waals surface area contributed by atoms with E-state index >= 15 is 0 Å². The van der Waals surface area contributed by atoms with Gasteiger partial charge in [0, 0.05) is 6.08 Å². The first kappa shape index (κ1) is 12.4. The van der Waals surface area contributed by atoms with Crippen LogP contribution in [0.5, 0.6) is 0 Å². The standard InChI is InChI=1S/C4HCl6N2P/c5-3-1-2(4(6,7)8)11-13(9,10)12-3/h1H. The topological polar surface area (TPSA) is 24.7 Å². The highest BCUT2D eigenvalue weighted by Gasteiger charge is 2.30. The molecule has 0 saturated carbocycles. The second-order valence-electron chi connectivity index (χ2n) is 2.01. The molecular formula is C4HCl6N2P. The molecule has 1 aliphatic rings. The molecule has 0 amide bonds. The van der Waals surface area contributed by atoms with Crippen LogP contribution < -0.4 is 0 Å². The van der Waals surface area contributed by atoms with Crippen LogP contribution in [0.2, 0.25) is 0 Å². The van der Waals surface area contributed by atoms with Gasteiger partial charge in [-0.25, -0.2) is 9.51 Å². The minimum Gasteiger partial charge on any atom is -0.217 e. The summed E-state index contributed by atoms with van der Waals surface area (Å²) in [5, 5.41) is 0.0784. The van der Waals surface area contributed by atoms with E-state index in [1.807, 2.05) is 0 Å². The summed E-state index contributed by atoms with van der Waals surface area (Å²) in [6, 6.07) is 0. The summed E-state index contributed by atoms with van der Waals surface area (Å²) in [6.45, 7) is 0. The Labute approximate surface area is 104 Å². The molecule has 0 N–H and O–H groups in total. The highest BCUT2D eigenvalue weighted by Crippen LogP contribution is 2.65. The average Bonchev–Trinajstić information content (AvgIpc) is 1.79. The van der Waals surface area contributed by atoms with Crippen molar-refractivity contribution in [3.8, 4) is 0 Å². The number of nitrogens with zero attached hydrogens (tertiary/aromatic N) is 2. The molecule has 0 aliphatic carbocycles. The predicted octanol–water partition coefficient (Wildman–Crippen LogP) is 5.32. The maximum absolute atomic E-state index is 5.69. The number of allylic oxidation sites excluding steroid dienone is 2. The van der Waals surface area contributed by atoms with E-state index in [2.05, 4.69) is 9.51 Å². The molecular weight excluding hydrogens is 320 g/mol. The molecule has 0 aromatic carbocycles. The minimum atomic E-state index is -2.84. The summed E-state index contributed by atoms with van der Waals surface area (Å²) in [5.41, 5.74) is 0.0934. The van der Waals surface area contributed by atoms with Gasteiger partial charge in [0.15, 0.2) is 0 Å². The molecule has 0 fully saturated rings. The summed E-state index contributed by atoms with van der Waals surface area (Å²) in [7, 11) is 0. The summed E-state index contributed by atoms with van der Waals surface area (Å²) in [4.78, 5) is 0. The van der Waals surface area contributed by atoms with Crippen molar-refractivity contribution in [2.75, 3.05) is 0 Å². The molecule has 0 atom stereocenters. The second kappa shape index (κ2) is 4.09. The summed E-state index contributed by atoms with van der Waals surface area (Å²) in [6.07, 6.45) is 1.30. The van der Waals surface area contributed by atoms with Gasteiger partial charge in [-0.05, 0) is 22.5 Å². The Bertz CT molecular complexity index is 333. The van der Waals surface area contributed by atoms with E-state index in [9.17, 15) is 0 Å². The van der Waals surface area contributed by atoms with E-state index in [1.54, 1.807) is 0 Å². The predicted molar refractivity (Wildman–Crippen MR) is 62.7 cm³/mol. The molecule has 1 heterocycles. The van der Waals surface area contributed by atoms with Crippen molar-refractivity contribution < 1.29 is 0 Å². The van der Waals surface area contributed by atoms with Gasteiger partial charge in [0.2, 0.25) is 3.79 Å². The Morgan fingerprint density at radius 2 is 1.77 bits per heavy atom. The molecule has 0 aromatic heterocycles. The lowest BCUT2D eigenvalue weighted by Gasteiger charge is -2.16. The lowest BCUT2D eigenvalue weighted by molar-refractivity contribution is 1.21. The lowest BCUT2D eigenvalue weighted by atomic mass is 10.4. The molecule has 13 heavy (non-hydrogen) atoms. The maximum atomic E-state index is 5.69. The third-order valence-corrected chi connectivity index (χ3v) is 3.70. The smallest absolute Gasteiger partial charge is 0.217 e. The average molecular weight is 321 g/mol. The number of alkyl halides is 3. The Morgan fingerprint density at radius 3 is 2.15 bits per heavy atom. The van der Waals surface area contributed by atoms with Gasteiger partial charge in [0.25, 0.3) is 5.91 Å².